The minimum Gasteiger partial charge on any atom is -0.344 e. The Morgan fingerprint density at radius 3 is 2.80 bits per heavy atom. The van der Waals surface area contributed by atoms with Crippen molar-refractivity contribution in [1.29, 1.82) is 0 Å². The third-order valence-electron chi connectivity index (χ3n) is 2.30. The van der Waals surface area contributed by atoms with Gasteiger partial charge in [-0.05, 0) is 24.9 Å². The van der Waals surface area contributed by atoms with Crippen LogP contribution in [0.2, 0.25) is 0 Å². The lowest BCUT2D eigenvalue weighted by atomic mass is 10.1. The summed E-state index contributed by atoms with van der Waals surface area (Å²) < 4.78 is 0. The molecule has 1 heterocycles. The van der Waals surface area contributed by atoms with Gasteiger partial charge in [0, 0.05) is 25.5 Å². The summed E-state index contributed by atoms with van der Waals surface area (Å²) in [6.45, 7) is 5.87. The normalized spacial score (nSPS) is 10.7. The Labute approximate surface area is 91.5 Å². The Kier molecular flexibility index (Phi) is 4.49. The van der Waals surface area contributed by atoms with Crippen LogP contribution < -0.4 is 10.6 Å². The van der Waals surface area contributed by atoms with Crippen LogP contribution in [0.5, 0.6) is 0 Å². The molecule has 1 aromatic rings. The minimum atomic E-state index is 0.439. The average molecular weight is 208 g/mol. The van der Waals surface area contributed by atoms with Gasteiger partial charge < -0.3 is 10.6 Å². The van der Waals surface area contributed by atoms with Crippen molar-refractivity contribution in [3.05, 3.63) is 18.0 Å². The smallest absolute Gasteiger partial charge is 0.225 e. The van der Waals surface area contributed by atoms with Gasteiger partial charge in [-0.2, -0.15) is 0 Å². The van der Waals surface area contributed by atoms with Crippen LogP contribution in [0.3, 0.4) is 0 Å². The first kappa shape index (κ1) is 11.9. The van der Waals surface area contributed by atoms with Gasteiger partial charge in [0.25, 0.3) is 0 Å². The zero-order valence-corrected chi connectivity index (χ0v) is 9.77. The van der Waals surface area contributed by atoms with E-state index in [0.717, 1.165) is 24.6 Å². The van der Waals surface area contributed by atoms with Crippen molar-refractivity contribution >= 4 is 5.95 Å². The van der Waals surface area contributed by atoms with Crippen molar-refractivity contribution in [1.82, 2.24) is 9.97 Å². The molecule has 0 saturated carbocycles. The Bertz CT molecular complexity index is 298. The molecule has 0 amide bonds. The summed E-state index contributed by atoms with van der Waals surface area (Å²) in [5.74, 6) is 1.23. The van der Waals surface area contributed by atoms with E-state index in [1.807, 2.05) is 24.2 Å². The predicted molar refractivity (Wildman–Crippen MR) is 63.1 cm³/mol. The van der Waals surface area contributed by atoms with Gasteiger partial charge in [0.05, 0.1) is 0 Å². The molecule has 0 radical (unpaired) electrons. The number of nitrogens with two attached hydrogens (primary N) is 1. The van der Waals surface area contributed by atoms with Crippen molar-refractivity contribution in [2.45, 2.75) is 26.2 Å². The summed E-state index contributed by atoms with van der Waals surface area (Å²) in [4.78, 5) is 10.8. The summed E-state index contributed by atoms with van der Waals surface area (Å²) in [6, 6.07) is 1.96. The highest BCUT2D eigenvalue weighted by atomic mass is 15.2. The topological polar surface area (TPSA) is 55.0 Å². The van der Waals surface area contributed by atoms with Gasteiger partial charge >= 0.3 is 0 Å². The van der Waals surface area contributed by atoms with E-state index in [1.165, 1.54) is 0 Å². The molecule has 0 unspecified atom stereocenters. The van der Waals surface area contributed by atoms with E-state index in [2.05, 4.69) is 23.8 Å². The van der Waals surface area contributed by atoms with E-state index >= 15 is 0 Å². The molecule has 0 aliphatic rings. The van der Waals surface area contributed by atoms with Gasteiger partial charge in [0.1, 0.15) is 0 Å². The van der Waals surface area contributed by atoms with Crippen LogP contribution in [0.4, 0.5) is 5.95 Å². The minimum absolute atomic E-state index is 0.439. The summed E-state index contributed by atoms with van der Waals surface area (Å²) in [7, 11) is 2.00. The summed E-state index contributed by atoms with van der Waals surface area (Å²) in [6.07, 6.45) is 2.78. The largest absolute Gasteiger partial charge is 0.344 e. The first-order valence-electron chi connectivity index (χ1n) is 5.39. The van der Waals surface area contributed by atoms with Gasteiger partial charge in [-0.1, -0.05) is 13.8 Å². The quantitative estimate of drug-likeness (QED) is 0.794. The third kappa shape index (κ3) is 3.47. The fourth-order valence-corrected chi connectivity index (χ4v) is 1.30. The van der Waals surface area contributed by atoms with Crippen molar-refractivity contribution in [3.63, 3.8) is 0 Å². The number of rotatable bonds is 5. The van der Waals surface area contributed by atoms with E-state index in [0.29, 0.717) is 12.5 Å². The van der Waals surface area contributed by atoms with E-state index in [-0.39, 0.29) is 0 Å². The van der Waals surface area contributed by atoms with E-state index in [9.17, 15) is 0 Å². The lowest BCUT2D eigenvalue weighted by molar-refractivity contribution is 0.755. The Balaban J connectivity index is 2.71. The SMILES string of the molecule is CC(C)c1ccnc(N(C)CCCN)n1. The van der Waals surface area contributed by atoms with Gasteiger partial charge in [-0.25, -0.2) is 9.97 Å². The van der Waals surface area contributed by atoms with Gasteiger partial charge in [-0.3, -0.25) is 0 Å². The molecule has 0 aliphatic carbocycles. The highest BCUT2D eigenvalue weighted by molar-refractivity contribution is 5.29. The van der Waals surface area contributed by atoms with Gasteiger partial charge in [0.2, 0.25) is 5.95 Å². The molecular formula is C11H20N4. The monoisotopic (exact) mass is 208 g/mol. The molecular weight excluding hydrogens is 188 g/mol. The zero-order valence-electron chi connectivity index (χ0n) is 9.77. The van der Waals surface area contributed by atoms with Crippen molar-refractivity contribution < 1.29 is 0 Å². The molecule has 0 spiro atoms. The van der Waals surface area contributed by atoms with Crippen LogP contribution in [-0.4, -0.2) is 30.1 Å². The molecule has 4 heteroatoms. The Morgan fingerprint density at radius 2 is 2.20 bits per heavy atom. The maximum absolute atomic E-state index is 5.47. The van der Waals surface area contributed by atoms with Crippen LogP contribution in [0.15, 0.2) is 12.3 Å². The molecule has 2 N–H and O–H groups in total. The first-order chi connectivity index (χ1) is 7.15. The maximum Gasteiger partial charge on any atom is 0.225 e. The number of hydrogen-bond donors (Lipinski definition) is 1. The molecule has 4 nitrogen and oxygen atoms in total. The molecule has 1 aromatic heterocycles. The predicted octanol–water partition coefficient (Wildman–Crippen LogP) is 1.39. The van der Waals surface area contributed by atoms with Crippen LogP contribution >= 0.6 is 0 Å². The maximum atomic E-state index is 5.47. The number of hydrogen-bond acceptors (Lipinski definition) is 4. The van der Waals surface area contributed by atoms with Crippen molar-refractivity contribution in [2.24, 2.45) is 5.73 Å². The number of anilines is 1. The highest BCUT2D eigenvalue weighted by Crippen LogP contribution is 2.13. The highest BCUT2D eigenvalue weighted by Gasteiger charge is 2.06. The lowest BCUT2D eigenvalue weighted by Crippen LogP contribution is -2.23. The van der Waals surface area contributed by atoms with Gasteiger partial charge in [0.15, 0.2) is 0 Å². The molecule has 84 valence electrons. The second-order valence-corrected chi connectivity index (χ2v) is 4.00. The van der Waals surface area contributed by atoms with E-state index in [4.69, 9.17) is 5.73 Å². The Hall–Kier alpha value is -1.16. The molecule has 0 atom stereocenters. The molecule has 0 fully saturated rings. The average Bonchev–Trinajstić information content (AvgIpc) is 2.26. The summed E-state index contributed by atoms with van der Waals surface area (Å²) in [5, 5.41) is 0. The van der Waals surface area contributed by atoms with Crippen molar-refractivity contribution in [3.8, 4) is 0 Å². The van der Waals surface area contributed by atoms with E-state index < -0.39 is 0 Å². The molecule has 1 rings (SSSR count). The summed E-state index contributed by atoms with van der Waals surface area (Å²) >= 11 is 0. The van der Waals surface area contributed by atoms with Crippen LogP contribution in [0, 0.1) is 0 Å². The van der Waals surface area contributed by atoms with Crippen molar-refractivity contribution in [2.75, 3.05) is 25.0 Å². The molecule has 0 bridgehead atoms. The lowest BCUT2D eigenvalue weighted by Gasteiger charge is -2.17. The second-order valence-electron chi connectivity index (χ2n) is 4.00. The Morgan fingerprint density at radius 1 is 1.47 bits per heavy atom. The first-order valence-corrected chi connectivity index (χ1v) is 5.39. The summed E-state index contributed by atoms with van der Waals surface area (Å²) in [5.41, 5.74) is 6.55. The van der Waals surface area contributed by atoms with E-state index in [1.54, 1.807) is 0 Å². The van der Waals surface area contributed by atoms with Crippen LogP contribution in [0.25, 0.3) is 0 Å². The molecule has 0 aromatic carbocycles. The fourth-order valence-electron chi connectivity index (χ4n) is 1.30. The second kappa shape index (κ2) is 5.66. The third-order valence-corrected chi connectivity index (χ3v) is 2.30. The van der Waals surface area contributed by atoms with Crippen LogP contribution in [0.1, 0.15) is 31.9 Å². The molecule has 0 saturated heterocycles. The molecule has 15 heavy (non-hydrogen) atoms. The zero-order chi connectivity index (χ0) is 11.3. The van der Waals surface area contributed by atoms with Gasteiger partial charge in [-0.15, -0.1) is 0 Å². The fraction of sp³-hybridized carbons (Fsp3) is 0.636. The number of nitrogens with zero attached hydrogens (tertiary/aromatic N) is 3. The van der Waals surface area contributed by atoms with Crippen LogP contribution in [-0.2, 0) is 0 Å². The molecule has 0 aliphatic heterocycles. The number of aromatic nitrogens is 2. The standard InChI is InChI=1S/C11H20N4/c1-9(2)10-5-7-13-11(14-10)15(3)8-4-6-12/h5,7,9H,4,6,8,12H2,1-3H3.